The van der Waals surface area contributed by atoms with Crippen molar-refractivity contribution >= 4 is 17.4 Å². The molecule has 0 aromatic heterocycles. The Kier molecular flexibility index (Phi) is 4.18. The number of aromatic hydroxyl groups is 2. The number of nitrogens with one attached hydrogen (secondary N) is 2. The fraction of sp³-hybridized carbons (Fsp3) is 0.133. The molecular weight excluding hydrogens is 270 g/mol. The monoisotopic (exact) mass is 287 g/mol. The summed E-state index contributed by atoms with van der Waals surface area (Å²) in [6.07, 6.45) is 0. The molecule has 21 heavy (non-hydrogen) atoms. The van der Waals surface area contributed by atoms with Crippen LogP contribution in [0.25, 0.3) is 0 Å². The molecule has 2 rings (SSSR count). The summed E-state index contributed by atoms with van der Waals surface area (Å²) in [5.74, 6) is 0.180. The summed E-state index contributed by atoms with van der Waals surface area (Å²) < 4.78 is 0. The number of phenolic OH excluding ortho intramolecular Hbond substituents is 2. The second-order valence-electron chi connectivity index (χ2n) is 4.68. The molecule has 0 aliphatic rings. The van der Waals surface area contributed by atoms with E-state index < -0.39 is 6.03 Å². The van der Waals surface area contributed by atoms with Crippen LogP contribution in [0.3, 0.4) is 0 Å². The van der Waals surface area contributed by atoms with Crippen LogP contribution in [-0.4, -0.2) is 16.2 Å². The maximum absolute atomic E-state index is 10.8. The van der Waals surface area contributed by atoms with Crippen LogP contribution in [0.5, 0.6) is 11.5 Å². The molecule has 6 N–H and O–H groups in total. The van der Waals surface area contributed by atoms with Gasteiger partial charge in [0.15, 0.2) is 0 Å². The van der Waals surface area contributed by atoms with Crippen molar-refractivity contribution in [1.29, 1.82) is 0 Å². The largest absolute Gasteiger partial charge is 0.508 e. The number of urea groups is 1. The number of carbonyl (C=O) groups is 1. The Labute approximate surface area is 122 Å². The molecular formula is C15H17N3O3. The SMILES string of the molecule is CC(Nc1cccc(NC(N)=O)c1)c1cc(O)ccc1O. The molecule has 1 unspecified atom stereocenters. The lowest BCUT2D eigenvalue weighted by Gasteiger charge is -2.17. The van der Waals surface area contributed by atoms with E-state index in [-0.39, 0.29) is 17.5 Å². The molecule has 0 spiro atoms. The minimum absolute atomic E-state index is 0.0839. The highest BCUT2D eigenvalue weighted by Crippen LogP contribution is 2.30. The average molecular weight is 287 g/mol. The van der Waals surface area contributed by atoms with Gasteiger partial charge >= 0.3 is 6.03 Å². The van der Waals surface area contributed by atoms with E-state index in [1.165, 1.54) is 18.2 Å². The Morgan fingerprint density at radius 1 is 1.14 bits per heavy atom. The van der Waals surface area contributed by atoms with Crippen molar-refractivity contribution in [3.05, 3.63) is 48.0 Å². The van der Waals surface area contributed by atoms with Crippen molar-refractivity contribution in [3.63, 3.8) is 0 Å². The van der Waals surface area contributed by atoms with E-state index in [2.05, 4.69) is 10.6 Å². The molecule has 0 fully saturated rings. The van der Waals surface area contributed by atoms with Crippen LogP contribution in [0.1, 0.15) is 18.5 Å². The molecule has 6 heteroatoms. The summed E-state index contributed by atoms with van der Waals surface area (Å²) in [7, 11) is 0. The number of anilines is 2. The zero-order chi connectivity index (χ0) is 15.4. The molecule has 0 aliphatic carbocycles. The van der Waals surface area contributed by atoms with Crippen molar-refractivity contribution in [1.82, 2.24) is 0 Å². The first-order valence-corrected chi connectivity index (χ1v) is 6.40. The fourth-order valence-electron chi connectivity index (χ4n) is 2.05. The van der Waals surface area contributed by atoms with E-state index in [1.54, 1.807) is 18.2 Å². The molecule has 2 amide bonds. The van der Waals surface area contributed by atoms with Crippen LogP contribution in [0.2, 0.25) is 0 Å². The summed E-state index contributed by atoms with van der Waals surface area (Å²) in [5, 5.41) is 25.0. The number of rotatable bonds is 4. The first-order chi connectivity index (χ1) is 9.95. The second kappa shape index (κ2) is 6.04. The van der Waals surface area contributed by atoms with Crippen LogP contribution < -0.4 is 16.4 Å². The van der Waals surface area contributed by atoms with Crippen LogP contribution in [-0.2, 0) is 0 Å². The predicted molar refractivity (Wildman–Crippen MR) is 81.5 cm³/mol. The highest BCUT2D eigenvalue weighted by atomic mass is 16.3. The Morgan fingerprint density at radius 2 is 1.86 bits per heavy atom. The van der Waals surface area contributed by atoms with Gasteiger partial charge in [0, 0.05) is 16.9 Å². The van der Waals surface area contributed by atoms with Gasteiger partial charge in [0.25, 0.3) is 0 Å². The topological polar surface area (TPSA) is 108 Å². The summed E-state index contributed by atoms with van der Waals surface area (Å²) >= 11 is 0. The Balaban J connectivity index is 2.17. The van der Waals surface area contributed by atoms with Crippen molar-refractivity contribution in [2.45, 2.75) is 13.0 Å². The molecule has 6 nitrogen and oxygen atoms in total. The van der Waals surface area contributed by atoms with Crippen LogP contribution >= 0.6 is 0 Å². The van der Waals surface area contributed by atoms with Gasteiger partial charge in [-0.25, -0.2) is 4.79 Å². The highest BCUT2D eigenvalue weighted by Gasteiger charge is 2.11. The van der Waals surface area contributed by atoms with Crippen molar-refractivity contribution in [2.24, 2.45) is 5.73 Å². The van der Waals surface area contributed by atoms with Crippen molar-refractivity contribution in [3.8, 4) is 11.5 Å². The van der Waals surface area contributed by atoms with Gasteiger partial charge in [0.1, 0.15) is 11.5 Å². The third-order valence-electron chi connectivity index (χ3n) is 2.99. The lowest BCUT2D eigenvalue weighted by Crippen LogP contribution is -2.19. The summed E-state index contributed by atoms with van der Waals surface area (Å²) in [6, 6.07) is 10.5. The average Bonchev–Trinajstić information content (AvgIpc) is 2.41. The molecule has 2 aromatic carbocycles. The summed E-state index contributed by atoms with van der Waals surface area (Å²) in [6.45, 7) is 1.85. The quantitative estimate of drug-likeness (QED) is 0.557. The van der Waals surface area contributed by atoms with Crippen LogP contribution in [0.15, 0.2) is 42.5 Å². The first-order valence-electron chi connectivity index (χ1n) is 6.40. The highest BCUT2D eigenvalue weighted by molar-refractivity contribution is 5.88. The molecule has 0 radical (unpaired) electrons. The van der Waals surface area contributed by atoms with Gasteiger partial charge in [-0.3, -0.25) is 0 Å². The number of carbonyl (C=O) groups excluding carboxylic acids is 1. The third kappa shape index (κ3) is 3.79. The van der Waals surface area contributed by atoms with Crippen LogP contribution in [0, 0.1) is 0 Å². The maximum atomic E-state index is 10.8. The van der Waals surface area contributed by atoms with Crippen molar-refractivity contribution < 1.29 is 15.0 Å². The van der Waals surface area contributed by atoms with E-state index in [4.69, 9.17) is 5.73 Å². The molecule has 0 bridgehead atoms. The number of amides is 2. The Hall–Kier alpha value is -2.89. The number of hydrogen-bond acceptors (Lipinski definition) is 4. The smallest absolute Gasteiger partial charge is 0.316 e. The van der Waals surface area contributed by atoms with Gasteiger partial charge in [-0.05, 0) is 43.3 Å². The first kappa shape index (κ1) is 14.5. The number of hydrogen-bond donors (Lipinski definition) is 5. The maximum Gasteiger partial charge on any atom is 0.316 e. The number of benzene rings is 2. The normalized spacial score (nSPS) is 11.7. The van der Waals surface area contributed by atoms with Gasteiger partial charge in [0.2, 0.25) is 0 Å². The summed E-state index contributed by atoms with van der Waals surface area (Å²) in [5.41, 5.74) is 6.96. The van der Waals surface area contributed by atoms with Gasteiger partial charge in [-0.2, -0.15) is 0 Å². The lowest BCUT2D eigenvalue weighted by atomic mass is 10.1. The molecule has 0 heterocycles. The Bertz CT molecular complexity index is 658. The minimum Gasteiger partial charge on any atom is -0.508 e. The van der Waals surface area contributed by atoms with E-state index in [9.17, 15) is 15.0 Å². The van der Waals surface area contributed by atoms with E-state index in [0.717, 1.165) is 5.69 Å². The summed E-state index contributed by atoms with van der Waals surface area (Å²) in [4.78, 5) is 10.8. The van der Waals surface area contributed by atoms with Gasteiger partial charge in [0.05, 0.1) is 6.04 Å². The second-order valence-corrected chi connectivity index (χ2v) is 4.68. The van der Waals surface area contributed by atoms with Gasteiger partial charge in [-0.1, -0.05) is 6.07 Å². The minimum atomic E-state index is -0.633. The zero-order valence-electron chi connectivity index (χ0n) is 11.5. The van der Waals surface area contributed by atoms with E-state index in [0.29, 0.717) is 11.3 Å². The molecule has 0 aliphatic heterocycles. The number of phenols is 2. The number of nitrogens with two attached hydrogens (primary N) is 1. The molecule has 0 saturated heterocycles. The van der Waals surface area contributed by atoms with Crippen molar-refractivity contribution in [2.75, 3.05) is 10.6 Å². The predicted octanol–water partition coefficient (Wildman–Crippen LogP) is 2.76. The van der Waals surface area contributed by atoms with Gasteiger partial charge < -0.3 is 26.6 Å². The number of primary amides is 1. The molecule has 110 valence electrons. The molecule has 1 atom stereocenters. The van der Waals surface area contributed by atoms with E-state index >= 15 is 0 Å². The fourth-order valence-corrected chi connectivity index (χ4v) is 2.05. The molecule has 2 aromatic rings. The Morgan fingerprint density at radius 3 is 2.57 bits per heavy atom. The van der Waals surface area contributed by atoms with E-state index in [1.807, 2.05) is 13.0 Å². The van der Waals surface area contributed by atoms with Crippen LogP contribution in [0.4, 0.5) is 16.2 Å². The molecule has 0 saturated carbocycles. The zero-order valence-corrected chi connectivity index (χ0v) is 11.5. The lowest BCUT2D eigenvalue weighted by molar-refractivity contribution is 0.259. The van der Waals surface area contributed by atoms with Gasteiger partial charge in [-0.15, -0.1) is 0 Å². The standard InChI is InChI=1S/C15H17N3O3/c1-9(13-8-12(19)5-6-14(13)20)17-10-3-2-4-11(7-10)18-15(16)21/h2-9,17,19-20H,1H3,(H3,16,18,21). The third-order valence-corrected chi connectivity index (χ3v) is 2.99.